The number of piperidine rings is 1. The van der Waals surface area contributed by atoms with Gasteiger partial charge in [-0.15, -0.1) is 0 Å². The highest BCUT2D eigenvalue weighted by Gasteiger charge is 2.28. The molecule has 1 aliphatic rings. The third-order valence-electron chi connectivity index (χ3n) is 3.76. The van der Waals surface area contributed by atoms with Gasteiger partial charge in [0.1, 0.15) is 0 Å². The Morgan fingerprint density at radius 1 is 1.40 bits per heavy atom. The first-order valence-electron chi connectivity index (χ1n) is 6.57. The summed E-state index contributed by atoms with van der Waals surface area (Å²) in [5.74, 6) is -0.315. The highest BCUT2D eigenvalue weighted by molar-refractivity contribution is 5.98. The van der Waals surface area contributed by atoms with Crippen molar-refractivity contribution in [1.82, 2.24) is 0 Å². The minimum absolute atomic E-state index is 0.128. The lowest BCUT2D eigenvalue weighted by Gasteiger charge is -2.37. The van der Waals surface area contributed by atoms with Crippen LogP contribution in [-0.4, -0.2) is 34.5 Å². The number of hydrogen-bond donors (Lipinski definition) is 1. The van der Waals surface area contributed by atoms with E-state index in [4.69, 9.17) is 0 Å². The average Bonchev–Trinajstić information content (AvgIpc) is 2.37. The Morgan fingerprint density at radius 2 is 2.00 bits per heavy atom. The Bertz CT molecular complexity index is 544. The molecule has 0 aromatic heterocycles. The SMILES string of the molecule is CC(=O)c1ccc(N2CCC(C)(O)CC2)cc1[N+](=O)[O-]. The van der Waals surface area contributed by atoms with Crippen LogP contribution in [0.4, 0.5) is 11.4 Å². The van der Waals surface area contributed by atoms with Crippen LogP contribution in [0.5, 0.6) is 0 Å². The molecule has 20 heavy (non-hydrogen) atoms. The van der Waals surface area contributed by atoms with Crippen molar-refractivity contribution in [3.63, 3.8) is 0 Å². The van der Waals surface area contributed by atoms with Gasteiger partial charge >= 0.3 is 0 Å². The molecule has 0 saturated carbocycles. The van der Waals surface area contributed by atoms with Crippen molar-refractivity contribution in [3.05, 3.63) is 33.9 Å². The number of nitro groups is 1. The van der Waals surface area contributed by atoms with Gasteiger partial charge in [-0.05, 0) is 38.8 Å². The fraction of sp³-hybridized carbons (Fsp3) is 0.500. The first-order valence-corrected chi connectivity index (χ1v) is 6.57. The summed E-state index contributed by atoms with van der Waals surface area (Å²) in [5.41, 5.74) is 0.0224. The molecule has 0 spiro atoms. The van der Waals surface area contributed by atoms with Crippen LogP contribution in [0.25, 0.3) is 0 Å². The number of benzene rings is 1. The van der Waals surface area contributed by atoms with Crippen molar-refractivity contribution in [2.24, 2.45) is 0 Å². The van der Waals surface area contributed by atoms with Gasteiger partial charge in [0.2, 0.25) is 0 Å². The number of rotatable bonds is 3. The normalized spacial score (nSPS) is 17.9. The van der Waals surface area contributed by atoms with Crippen molar-refractivity contribution in [2.45, 2.75) is 32.3 Å². The molecule has 0 radical (unpaired) electrons. The van der Waals surface area contributed by atoms with Crippen molar-refractivity contribution >= 4 is 17.2 Å². The zero-order chi connectivity index (χ0) is 14.9. The number of nitrogens with zero attached hydrogens (tertiary/aromatic N) is 2. The highest BCUT2D eigenvalue weighted by atomic mass is 16.6. The fourth-order valence-electron chi connectivity index (χ4n) is 2.41. The van der Waals surface area contributed by atoms with Crippen LogP contribution in [0.15, 0.2) is 18.2 Å². The van der Waals surface area contributed by atoms with Gasteiger partial charge in [-0.25, -0.2) is 0 Å². The fourth-order valence-corrected chi connectivity index (χ4v) is 2.41. The second-order valence-electron chi connectivity index (χ2n) is 5.50. The number of anilines is 1. The summed E-state index contributed by atoms with van der Waals surface area (Å²) >= 11 is 0. The summed E-state index contributed by atoms with van der Waals surface area (Å²) in [4.78, 5) is 23.9. The molecule has 1 saturated heterocycles. The van der Waals surface area contributed by atoms with Gasteiger partial charge in [0.05, 0.1) is 16.1 Å². The molecule has 0 amide bonds. The standard InChI is InChI=1S/C14H18N2O4/c1-10(17)12-4-3-11(9-13(12)16(19)20)15-7-5-14(2,18)6-8-15/h3-4,9,18H,5-8H2,1-2H3. The molecule has 6 heteroatoms. The minimum atomic E-state index is -0.665. The molecular formula is C14H18N2O4. The number of Topliss-reactive ketones (excluding diaryl/α,β-unsaturated/α-hetero) is 1. The van der Waals surface area contributed by atoms with E-state index in [2.05, 4.69) is 0 Å². The summed E-state index contributed by atoms with van der Waals surface area (Å²) in [5, 5.41) is 21.0. The van der Waals surface area contributed by atoms with Gasteiger partial charge in [-0.3, -0.25) is 14.9 Å². The molecule has 0 bridgehead atoms. The molecule has 1 aromatic carbocycles. The Kier molecular flexibility index (Phi) is 3.76. The van der Waals surface area contributed by atoms with Crippen LogP contribution >= 0.6 is 0 Å². The first kappa shape index (κ1) is 14.5. The molecule has 0 unspecified atom stereocenters. The molecule has 1 fully saturated rings. The van der Waals surface area contributed by atoms with E-state index >= 15 is 0 Å². The molecule has 0 atom stereocenters. The van der Waals surface area contributed by atoms with Crippen molar-refractivity contribution in [2.75, 3.05) is 18.0 Å². The first-order chi connectivity index (χ1) is 9.30. The van der Waals surface area contributed by atoms with E-state index < -0.39 is 10.5 Å². The monoisotopic (exact) mass is 278 g/mol. The van der Waals surface area contributed by atoms with Crippen LogP contribution in [0.3, 0.4) is 0 Å². The third kappa shape index (κ3) is 2.96. The number of carbonyl (C=O) groups excluding carboxylic acids is 1. The van der Waals surface area contributed by atoms with E-state index in [0.29, 0.717) is 25.9 Å². The lowest BCUT2D eigenvalue weighted by atomic mass is 9.93. The lowest BCUT2D eigenvalue weighted by Crippen LogP contribution is -2.42. The second-order valence-corrected chi connectivity index (χ2v) is 5.50. The number of aliphatic hydroxyl groups is 1. The van der Waals surface area contributed by atoms with Crippen molar-refractivity contribution < 1.29 is 14.8 Å². The molecular weight excluding hydrogens is 260 g/mol. The van der Waals surface area contributed by atoms with Crippen LogP contribution < -0.4 is 4.90 Å². The average molecular weight is 278 g/mol. The Morgan fingerprint density at radius 3 is 2.50 bits per heavy atom. The van der Waals surface area contributed by atoms with Crippen LogP contribution in [0, 0.1) is 10.1 Å². The van der Waals surface area contributed by atoms with Crippen LogP contribution in [-0.2, 0) is 0 Å². The summed E-state index contributed by atoms with van der Waals surface area (Å²) in [7, 11) is 0. The quantitative estimate of drug-likeness (QED) is 0.520. The Hall–Kier alpha value is -1.95. The predicted octanol–water partition coefficient (Wildman–Crippen LogP) is 2.15. The minimum Gasteiger partial charge on any atom is -0.390 e. The van der Waals surface area contributed by atoms with Gasteiger partial charge in [0.25, 0.3) is 5.69 Å². The van der Waals surface area contributed by atoms with E-state index in [-0.39, 0.29) is 17.0 Å². The highest BCUT2D eigenvalue weighted by Crippen LogP contribution is 2.30. The zero-order valence-electron chi connectivity index (χ0n) is 11.6. The molecule has 1 aliphatic heterocycles. The molecule has 1 heterocycles. The molecule has 1 aromatic rings. The topological polar surface area (TPSA) is 83.7 Å². The predicted molar refractivity (Wildman–Crippen MR) is 75.2 cm³/mol. The largest absolute Gasteiger partial charge is 0.390 e. The van der Waals surface area contributed by atoms with E-state index in [0.717, 1.165) is 5.69 Å². The van der Waals surface area contributed by atoms with E-state index in [1.54, 1.807) is 13.0 Å². The number of carbonyl (C=O) groups is 1. The Labute approximate surface area is 117 Å². The number of ketones is 1. The van der Waals surface area contributed by atoms with Gasteiger partial charge in [0, 0.05) is 24.8 Å². The maximum atomic E-state index is 11.4. The summed E-state index contributed by atoms with van der Waals surface area (Å²) < 4.78 is 0. The molecule has 2 rings (SSSR count). The van der Waals surface area contributed by atoms with Gasteiger partial charge in [-0.1, -0.05) is 0 Å². The van der Waals surface area contributed by atoms with Crippen molar-refractivity contribution in [1.29, 1.82) is 0 Å². The van der Waals surface area contributed by atoms with Crippen LogP contribution in [0.2, 0.25) is 0 Å². The molecule has 108 valence electrons. The maximum absolute atomic E-state index is 11.4. The second kappa shape index (κ2) is 5.20. The van der Waals surface area contributed by atoms with Crippen LogP contribution in [0.1, 0.15) is 37.0 Å². The van der Waals surface area contributed by atoms with Crippen molar-refractivity contribution in [3.8, 4) is 0 Å². The maximum Gasteiger partial charge on any atom is 0.282 e. The van der Waals surface area contributed by atoms with E-state index in [1.807, 2.05) is 4.90 Å². The smallest absolute Gasteiger partial charge is 0.282 e. The molecule has 6 nitrogen and oxygen atoms in total. The summed E-state index contributed by atoms with van der Waals surface area (Å²) in [6.07, 6.45) is 1.24. The van der Waals surface area contributed by atoms with Gasteiger partial charge < -0.3 is 10.0 Å². The van der Waals surface area contributed by atoms with Gasteiger partial charge in [0.15, 0.2) is 5.78 Å². The molecule has 1 N–H and O–H groups in total. The van der Waals surface area contributed by atoms with Gasteiger partial charge in [-0.2, -0.15) is 0 Å². The van der Waals surface area contributed by atoms with E-state index in [1.165, 1.54) is 19.1 Å². The summed E-state index contributed by atoms with van der Waals surface area (Å²) in [6.45, 7) is 4.40. The van der Waals surface area contributed by atoms with E-state index in [9.17, 15) is 20.0 Å². The molecule has 0 aliphatic carbocycles. The number of hydrogen-bond acceptors (Lipinski definition) is 5. The Balaban J connectivity index is 2.28. The third-order valence-corrected chi connectivity index (χ3v) is 3.76. The zero-order valence-corrected chi connectivity index (χ0v) is 11.6. The number of nitro benzene ring substituents is 1. The lowest BCUT2D eigenvalue weighted by molar-refractivity contribution is -0.385. The summed E-state index contributed by atoms with van der Waals surface area (Å²) in [6, 6.07) is 4.67.